The maximum absolute atomic E-state index is 12.7. The highest BCUT2D eigenvalue weighted by Crippen LogP contribution is 2.26. The van der Waals surface area contributed by atoms with Crippen LogP contribution in [0.25, 0.3) is 10.7 Å². The number of nitrogens with two attached hydrogens (primary N) is 1. The lowest BCUT2D eigenvalue weighted by molar-refractivity contribution is -0.120. The molecule has 140 valence electrons. The second-order valence-electron chi connectivity index (χ2n) is 5.64. The van der Waals surface area contributed by atoms with E-state index in [0.29, 0.717) is 22.0 Å². The fraction of sp³-hybridized carbons (Fsp3) is 0.176. The zero-order valence-electron chi connectivity index (χ0n) is 14.3. The molecule has 2 aromatic heterocycles. The first-order chi connectivity index (χ1) is 13.0. The molecule has 2 amide bonds. The highest BCUT2D eigenvalue weighted by molar-refractivity contribution is 7.71. The van der Waals surface area contributed by atoms with Gasteiger partial charge in [-0.2, -0.15) is 5.10 Å². The average Bonchev–Trinajstić information content (AvgIpc) is 3.29. The number of benzene rings is 1. The van der Waals surface area contributed by atoms with Crippen molar-refractivity contribution in [3.05, 3.63) is 46.5 Å². The molecule has 3 rings (SSSR count). The van der Waals surface area contributed by atoms with E-state index in [-0.39, 0.29) is 12.5 Å². The highest BCUT2D eigenvalue weighted by atomic mass is 32.1. The Morgan fingerprint density at radius 2 is 2.11 bits per heavy atom. The van der Waals surface area contributed by atoms with Crippen LogP contribution in [-0.4, -0.2) is 33.2 Å². The summed E-state index contributed by atoms with van der Waals surface area (Å²) in [6, 6.07) is 9.90. The Balaban J connectivity index is 1.73. The van der Waals surface area contributed by atoms with Crippen LogP contribution in [0.1, 0.15) is 13.0 Å². The summed E-state index contributed by atoms with van der Waals surface area (Å²) in [7, 11) is 0. The SMILES string of the molecule is CC(C(=O)Nc1ccc(OCC(N)=O)cc1)n1c(-c2cccs2)n[nH]c1=S. The molecule has 0 bridgehead atoms. The van der Waals surface area contributed by atoms with Gasteiger partial charge in [-0.05, 0) is 54.9 Å². The number of nitrogens with zero attached hydrogens (tertiary/aromatic N) is 2. The zero-order valence-corrected chi connectivity index (χ0v) is 16.0. The summed E-state index contributed by atoms with van der Waals surface area (Å²) < 4.78 is 7.24. The molecule has 1 aromatic carbocycles. The number of anilines is 1. The van der Waals surface area contributed by atoms with Crippen molar-refractivity contribution in [2.75, 3.05) is 11.9 Å². The number of nitrogens with one attached hydrogen (secondary N) is 2. The van der Waals surface area contributed by atoms with E-state index in [0.717, 1.165) is 4.88 Å². The van der Waals surface area contributed by atoms with Gasteiger partial charge in [-0.15, -0.1) is 11.3 Å². The molecular formula is C17H17N5O3S2. The second kappa shape index (κ2) is 8.14. The number of carbonyl (C=O) groups excluding carboxylic acids is 2. The van der Waals surface area contributed by atoms with Gasteiger partial charge in [0, 0.05) is 5.69 Å². The van der Waals surface area contributed by atoms with E-state index < -0.39 is 11.9 Å². The molecule has 27 heavy (non-hydrogen) atoms. The van der Waals surface area contributed by atoms with Crippen molar-refractivity contribution >= 4 is 41.1 Å². The number of hydrogen-bond donors (Lipinski definition) is 3. The molecule has 8 nitrogen and oxygen atoms in total. The lowest BCUT2D eigenvalue weighted by Gasteiger charge is -2.15. The van der Waals surface area contributed by atoms with Crippen LogP contribution < -0.4 is 15.8 Å². The van der Waals surface area contributed by atoms with Gasteiger partial charge in [0.2, 0.25) is 5.91 Å². The highest BCUT2D eigenvalue weighted by Gasteiger charge is 2.21. The molecule has 3 aromatic rings. The van der Waals surface area contributed by atoms with Gasteiger partial charge in [-0.3, -0.25) is 19.3 Å². The van der Waals surface area contributed by atoms with Gasteiger partial charge in [-0.25, -0.2) is 0 Å². The van der Waals surface area contributed by atoms with Crippen LogP contribution in [0.3, 0.4) is 0 Å². The van der Waals surface area contributed by atoms with Crippen molar-refractivity contribution < 1.29 is 14.3 Å². The van der Waals surface area contributed by atoms with Gasteiger partial charge >= 0.3 is 0 Å². The molecule has 0 spiro atoms. The Labute approximate surface area is 164 Å². The lowest BCUT2D eigenvalue weighted by Crippen LogP contribution is -2.24. The molecule has 4 N–H and O–H groups in total. The minimum Gasteiger partial charge on any atom is -0.484 e. The van der Waals surface area contributed by atoms with Gasteiger partial charge in [0.05, 0.1) is 4.88 Å². The lowest BCUT2D eigenvalue weighted by atomic mass is 10.2. The monoisotopic (exact) mass is 403 g/mol. The number of primary amides is 1. The summed E-state index contributed by atoms with van der Waals surface area (Å²) in [5.41, 5.74) is 5.63. The molecule has 0 fully saturated rings. The van der Waals surface area contributed by atoms with E-state index in [4.69, 9.17) is 22.7 Å². The number of aromatic amines is 1. The van der Waals surface area contributed by atoms with Crippen LogP contribution in [0, 0.1) is 4.77 Å². The summed E-state index contributed by atoms with van der Waals surface area (Å²) in [5, 5.41) is 11.7. The molecule has 1 atom stereocenters. The number of carbonyl (C=O) groups is 2. The molecule has 0 radical (unpaired) electrons. The molecule has 0 saturated carbocycles. The standard InChI is InChI=1S/C17H17N5O3S2/c1-10(22-15(20-21-17(22)26)13-3-2-8-27-13)16(24)19-11-4-6-12(7-5-11)25-9-14(18)23/h2-8,10H,9H2,1H3,(H2,18,23)(H,19,24)(H,21,26). The molecule has 2 heterocycles. The Morgan fingerprint density at radius 1 is 1.37 bits per heavy atom. The molecule has 10 heteroatoms. The third kappa shape index (κ3) is 4.41. The van der Waals surface area contributed by atoms with Gasteiger partial charge in [-0.1, -0.05) is 6.07 Å². The zero-order chi connectivity index (χ0) is 19.4. The fourth-order valence-corrected chi connectivity index (χ4v) is 3.40. The van der Waals surface area contributed by atoms with Crippen molar-refractivity contribution in [3.8, 4) is 16.5 Å². The van der Waals surface area contributed by atoms with Crippen molar-refractivity contribution in [1.29, 1.82) is 0 Å². The number of H-pyrrole nitrogens is 1. The van der Waals surface area contributed by atoms with Gasteiger partial charge in [0.25, 0.3) is 5.91 Å². The summed E-state index contributed by atoms with van der Waals surface area (Å²) >= 11 is 6.81. The predicted molar refractivity (Wildman–Crippen MR) is 105 cm³/mol. The number of aromatic nitrogens is 3. The molecular weight excluding hydrogens is 386 g/mol. The van der Waals surface area contributed by atoms with Crippen molar-refractivity contribution in [2.24, 2.45) is 5.73 Å². The second-order valence-corrected chi connectivity index (χ2v) is 6.98. The number of amides is 2. The van der Waals surface area contributed by atoms with Gasteiger partial charge in [0.15, 0.2) is 17.2 Å². The third-order valence-electron chi connectivity index (χ3n) is 3.72. The van der Waals surface area contributed by atoms with E-state index in [1.165, 1.54) is 11.3 Å². The Morgan fingerprint density at radius 3 is 2.74 bits per heavy atom. The van der Waals surface area contributed by atoms with Crippen molar-refractivity contribution in [3.63, 3.8) is 0 Å². The first kappa shape index (κ1) is 18.8. The number of hydrogen-bond acceptors (Lipinski definition) is 6. The van der Waals surface area contributed by atoms with Crippen LogP contribution >= 0.6 is 23.6 Å². The number of ether oxygens (including phenoxy) is 1. The van der Waals surface area contributed by atoms with Gasteiger partial charge < -0.3 is 15.8 Å². The van der Waals surface area contributed by atoms with Crippen molar-refractivity contribution in [1.82, 2.24) is 14.8 Å². The van der Waals surface area contributed by atoms with Crippen LogP contribution in [0.15, 0.2) is 41.8 Å². The summed E-state index contributed by atoms with van der Waals surface area (Å²) in [6.07, 6.45) is 0. The molecule has 0 saturated heterocycles. The third-order valence-corrected chi connectivity index (χ3v) is 4.87. The smallest absolute Gasteiger partial charge is 0.255 e. The predicted octanol–water partition coefficient (Wildman–Crippen LogP) is 2.73. The molecule has 0 aliphatic carbocycles. The summed E-state index contributed by atoms with van der Waals surface area (Å²) in [4.78, 5) is 24.3. The average molecular weight is 403 g/mol. The molecule has 0 aliphatic heterocycles. The fourth-order valence-electron chi connectivity index (χ4n) is 2.40. The van der Waals surface area contributed by atoms with Crippen LogP contribution in [0.2, 0.25) is 0 Å². The largest absolute Gasteiger partial charge is 0.484 e. The molecule has 0 aliphatic rings. The first-order valence-corrected chi connectivity index (χ1v) is 9.27. The quantitative estimate of drug-likeness (QED) is 0.525. The molecule has 1 unspecified atom stereocenters. The van der Waals surface area contributed by atoms with E-state index >= 15 is 0 Å². The van der Waals surface area contributed by atoms with Gasteiger partial charge in [0.1, 0.15) is 11.8 Å². The summed E-state index contributed by atoms with van der Waals surface area (Å²) in [6.45, 7) is 1.55. The van der Waals surface area contributed by atoms with E-state index in [2.05, 4.69) is 15.5 Å². The number of thiophene rings is 1. The normalized spacial score (nSPS) is 11.7. The van der Waals surface area contributed by atoms with E-state index in [1.54, 1.807) is 35.8 Å². The van der Waals surface area contributed by atoms with Crippen molar-refractivity contribution in [2.45, 2.75) is 13.0 Å². The minimum atomic E-state index is -0.570. The van der Waals surface area contributed by atoms with Crippen LogP contribution in [0.5, 0.6) is 5.75 Å². The minimum absolute atomic E-state index is 0.201. The topological polar surface area (TPSA) is 115 Å². The van der Waals surface area contributed by atoms with E-state index in [9.17, 15) is 9.59 Å². The van der Waals surface area contributed by atoms with E-state index in [1.807, 2.05) is 17.5 Å². The number of rotatable bonds is 7. The Hall–Kier alpha value is -2.98. The van der Waals surface area contributed by atoms with Crippen LogP contribution in [-0.2, 0) is 9.59 Å². The van der Waals surface area contributed by atoms with Crippen LogP contribution in [0.4, 0.5) is 5.69 Å². The first-order valence-electron chi connectivity index (χ1n) is 7.98. The Bertz CT molecular complexity index is 993. The maximum Gasteiger partial charge on any atom is 0.255 e. The Kier molecular flexibility index (Phi) is 5.67. The maximum atomic E-state index is 12.7. The summed E-state index contributed by atoms with van der Waals surface area (Å²) in [5.74, 6) is 0.306.